The predicted octanol–water partition coefficient (Wildman–Crippen LogP) is 2.15. The average Bonchev–Trinajstić information content (AvgIpc) is 2.22. The molecule has 0 saturated carbocycles. The minimum absolute atomic E-state index is 0. The van der Waals surface area contributed by atoms with Crippen molar-refractivity contribution in [3.05, 3.63) is 37.6 Å². The second kappa shape index (κ2) is 3.13. The molecule has 51 valence electrons. The monoisotopic (exact) mass is 165 g/mol. The summed E-state index contributed by atoms with van der Waals surface area (Å²) in [6.45, 7) is 0. The molecular formula is C8H10Co. The summed E-state index contributed by atoms with van der Waals surface area (Å²) in [5, 5.41) is 0. The summed E-state index contributed by atoms with van der Waals surface area (Å²) < 4.78 is 0. The first-order chi connectivity index (χ1) is 3.45. The van der Waals surface area contributed by atoms with Crippen LogP contribution in [0.25, 0.3) is 0 Å². The maximum atomic E-state index is 2.26. The summed E-state index contributed by atoms with van der Waals surface area (Å²) in [7, 11) is 0. The molecule has 0 fully saturated rings. The Morgan fingerprint density at radius 1 is 1.22 bits per heavy atom. The molecule has 0 N–H and O–H groups in total. The van der Waals surface area contributed by atoms with Crippen molar-refractivity contribution in [2.45, 2.75) is 6.42 Å². The molecule has 0 heterocycles. The second-order valence-corrected chi connectivity index (χ2v) is 2.16. The third-order valence-corrected chi connectivity index (χ3v) is 1.59. The largest absolute Gasteiger partial charge is 2.00 e. The van der Waals surface area contributed by atoms with Gasteiger partial charge in [0.2, 0.25) is 0 Å². The Labute approximate surface area is 67.2 Å². The van der Waals surface area contributed by atoms with Gasteiger partial charge in [0.15, 0.2) is 0 Å². The molecule has 0 aromatic rings. The van der Waals surface area contributed by atoms with Gasteiger partial charge >= 0.3 is 16.8 Å². The van der Waals surface area contributed by atoms with Crippen LogP contribution in [0.1, 0.15) is 6.42 Å². The van der Waals surface area contributed by atoms with Gasteiger partial charge in [0.1, 0.15) is 0 Å². The van der Waals surface area contributed by atoms with E-state index in [9.17, 15) is 0 Å². The Kier molecular flexibility index (Phi) is 3.08. The Balaban J connectivity index is 0.000000320. The zero-order chi connectivity index (χ0) is 4.69. The van der Waals surface area contributed by atoms with E-state index < -0.39 is 0 Å². The topological polar surface area (TPSA) is 0 Å². The van der Waals surface area contributed by atoms with E-state index in [1.807, 2.05) is 0 Å². The number of hydrogen-bond donors (Lipinski definition) is 0. The Bertz CT molecular complexity index is 108. The summed E-state index contributed by atoms with van der Waals surface area (Å²) in [6.07, 6.45) is 10.2. The summed E-state index contributed by atoms with van der Waals surface area (Å²) in [5.41, 5.74) is 0. The molecule has 0 aromatic carbocycles. The fourth-order valence-corrected chi connectivity index (χ4v) is 1.16. The number of fused-ring (bicyclic) bond motifs is 2. The first-order valence-corrected chi connectivity index (χ1v) is 2.67. The van der Waals surface area contributed by atoms with E-state index in [4.69, 9.17) is 0 Å². The summed E-state index contributed by atoms with van der Waals surface area (Å²) in [5.74, 6) is 2.28. The van der Waals surface area contributed by atoms with Gasteiger partial charge < -0.3 is 7.43 Å². The van der Waals surface area contributed by atoms with E-state index in [0.717, 1.165) is 5.92 Å². The molecule has 2 rings (SSSR count). The van der Waals surface area contributed by atoms with Gasteiger partial charge in [-0.05, 0) is 0 Å². The first-order valence-electron chi connectivity index (χ1n) is 2.67. The molecule has 2 bridgehead atoms. The SMILES string of the molecule is C1=CC2C=C[C-]1C2.[CH3-].[Co+2]. The van der Waals surface area contributed by atoms with Gasteiger partial charge in [-0.2, -0.15) is 30.2 Å². The van der Waals surface area contributed by atoms with Gasteiger partial charge in [0, 0.05) is 0 Å². The van der Waals surface area contributed by atoms with E-state index in [0.29, 0.717) is 0 Å². The number of rotatable bonds is 0. The van der Waals surface area contributed by atoms with Crippen LogP contribution in [0, 0.1) is 19.3 Å². The maximum absolute atomic E-state index is 2.26. The van der Waals surface area contributed by atoms with Crippen LogP contribution in [-0.2, 0) is 16.8 Å². The van der Waals surface area contributed by atoms with Crippen molar-refractivity contribution in [1.82, 2.24) is 0 Å². The third-order valence-electron chi connectivity index (χ3n) is 1.59. The predicted molar refractivity (Wildman–Crippen MR) is 36.0 cm³/mol. The van der Waals surface area contributed by atoms with Crippen LogP contribution in [0.4, 0.5) is 0 Å². The summed E-state index contributed by atoms with van der Waals surface area (Å²) >= 11 is 0. The van der Waals surface area contributed by atoms with Crippen molar-refractivity contribution >= 4 is 0 Å². The fourth-order valence-electron chi connectivity index (χ4n) is 1.16. The fraction of sp³-hybridized carbons (Fsp3) is 0.250. The van der Waals surface area contributed by atoms with Gasteiger partial charge in [0.05, 0.1) is 0 Å². The van der Waals surface area contributed by atoms with E-state index in [2.05, 4.69) is 24.3 Å². The van der Waals surface area contributed by atoms with E-state index in [1.165, 1.54) is 12.3 Å². The van der Waals surface area contributed by atoms with E-state index in [1.54, 1.807) is 0 Å². The average molecular weight is 165 g/mol. The van der Waals surface area contributed by atoms with Crippen molar-refractivity contribution in [3.63, 3.8) is 0 Å². The first kappa shape index (κ1) is 8.86. The number of hydrogen-bond acceptors (Lipinski definition) is 0. The van der Waals surface area contributed by atoms with Gasteiger partial charge in [-0.25, -0.2) is 0 Å². The van der Waals surface area contributed by atoms with Crippen LogP contribution in [0.5, 0.6) is 0 Å². The zero-order valence-electron chi connectivity index (χ0n) is 5.43. The van der Waals surface area contributed by atoms with Crippen LogP contribution >= 0.6 is 0 Å². The van der Waals surface area contributed by atoms with Crippen molar-refractivity contribution in [1.29, 1.82) is 0 Å². The molecule has 0 aromatic heterocycles. The van der Waals surface area contributed by atoms with Gasteiger partial charge in [-0.15, -0.1) is 5.92 Å². The summed E-state index contributed by atoms with van der Waals surface area (Å²) in [4.78, 5) is 0. The molecule has 2 aliphatic rings. The molecule has 0 unspecified atom stereocenters. The van der Waals surface area contributed by atoms with Crippen molar-refractivity contribution < 1.29 is 16.8 Å². The molecule has 1 radical (unpaired) electrons. The summed E-state index contributed by atoms with van der Waals surface area (Å²) in [6, 6.07) is 0. The zero-order valence-corrected chi connectivity index (χ0v) is 6.47. The van der Waals surface area contributed by atoms with Gasteiger partial charge in [-0.3, -0.25) is 0 Å². The van der Waals surface area contributed by atoms with Crippen LogP contribution in [0.2, 0.25) is 0 Å². The third kappa shape index (κ3) is 1.40. The van der Waals surface area contributed by atoms with Crippen LogP contribution in [0.15, 0.2) is 24.3 Å². The normalized spacial score (nSPS) is 19.8. The van der Waals surface area contributed by atoms with Crippen LogP contribution < -0.4 is 0 Å². The minimum Gasteiger partial charge on any atom is -0.358 e. The van der Waals surface area contributed by atoms with E-state index in [-0.39, 0.29) is 24.2 Å². The Morgan fingerprint density at radius 2 is 1.78 bits per heavy atom. The molecule has 0 nitrogen and oxygen atoms in total. The van der Waals surface area contributed by atoms with Crippen molar-refractivity contribution in [2.75, 3.05) is 0 Å². The van der Waals surface area contributed by atoms with E-state index >= 15 is 0 Å². The number of allylic oxidation sites excluding steroid dienone is 4. The Morgan fingerprint density at radius 3 is 1.89 bits per heavy atom. The molecule has 0 atom stereocenters. The van der Waals surface area contributed by atoms with Gasteiger partial charge in [-0.1, -0.05) is 6.42 Å². The molecule has 9 heavy (non-hydrogen) atoms. The standard InChI is InChI=1S/C7H7.CH3.Co/c1-2-7-4-3-6(1)5-7;;/h1-4,6H,5H2;1H3;/q2*-1;+2. The maximum Gasteiger partial charge on any atom is 2.00 e. The molecule has 2 aliphatic carbocycles. The van der Waals surface area contributed by atoms with Crippen molar-refractivity contribution in [2.24, 2.45) is 5.92 Å². The molecule has 0 amide bonds. The molecular weight excluding hydrogens is 155 g/mol. The smallest absolute Gasteiger partial charge is 0.358 e. The van der Waals surface area contributed by atoms with Gasteiger partial charge in [0.25, 0.3) is 0 Å². The molecule has 1 heteroatoms. The Hall–Kier alpha value is -0.144. The van der Waals surface area contributed by atoms with Crippen LogP contribution in [-0.4, -0.2) is 0 Å². The second-order valence-electron chi connectivity index (χ2n) is 2.16. The van der Waals surface area contributed by atoms with Crippen molar-refractivity contribution in [3.8, 4) is 0 Å². The quantitative estimate of drug-likeness (QED) is 0.482. The van der Waals surface area contributed by atoms with Crippen LogP contribution in [0.3, 0.4) is 0 Å². The minimum atomic E-state index is 0. The molecule has 0 saturated heterocycles. The molecule has 0 spiro atoms. The molecule has 0 aliphatic heterocycles.